The van der Waals surface area contributed by atoms with Gasteiger partial charge in [0, 0.05) is 23.0 Å². The lowest BCUT2D eigenvalue weighted by molar-refractivity contribution is 0.0474. The summed E-state index contributed by atoms with van der Waals surface area (Å²) in [4.78, 5) is 28.6. The van der Waals surface area contributed by atoms with E-state index in [0.717, 1.165) is 29.9 Å². The number of aryl methyl sites for hydroxylation is 1. The highest BCUT2D eigenvalue weighted by atomic mass is 16.5. The van der Waals surface area contributed by atoms with Gasteiger partial charge in [0.25, 0.3) is 0 Å². The van der Waals surface area contributed by atoms with Gasteiger partial charge in [-0.05, 0) is 57.0 Å². The molecule has 0 unspecified atom stereocenters. The van der Waals surface area contributed by atoms with Crippen LogP contribution < -0.4 is 0 Å². The maximum atomic E-state index is 12.5. The van der Waals surface area contributed by atoms with Gasteiger partial charge in [0.05, 0.1) is 11.3 Å². The monoisotopic (exact) mass is 364 g/mol. The van der Waals surface area contributed by atoms with Crippen LogP contribution in [0.25, 0.3) is 5.69 Å². The zero-order valence-corrected chi connectivity index (χ0v) is 15.3. The van der Waals surface area contributed by atoms with Crippen molar-refractivity contribution in [3.63, 3.8) is 0 Å². The first-order valence-corrected chi connectivity index (χ1v) is 8.88. The molecule has 2 aromatic heterocycles. The fourth-order valence-electron chi connectivity index (χ4n) is 3.34. The van der Waals surface area contributed by atoms with E-state index >= 15 is 0 Å². The Hall–Kier alpha value is -3.22. The van der Waals surface area contributed by atoms with Gasteiger partial charge in [-0.1, -0.05) is 0 Å². The van der Waals surface area contributed by atoms with E-state index in [4.69, 9.17) is 4.74 Å². The van der Waals surface area contributed by atoms with Crippen LogP contribution in [0.3, 0.4) is 0 Å². The van der Waals surface area contributed by atoms with Crippen LogP contribution in [0, 0.1) is 13.8 Å². The number of esters is 1. The van der Waals surface area contributed by atoms with Gasteiger partial charge in [-0.3, -0.25) is 4.79 Å². The molecule has 0 N–H and O–H groups in total. The number of ketones is 1. The molecule has 0 bridgehead atoms. The molecule has 1 aromatic carbocycles. The maximum Gasteiger partial charge on any atom is 0.338 e. The first-order valence-electron chi connectivity index (χ1n) is 8.88. The second kappa shape index (κ2) is 6.83. The van der Waals surface area contributed by atoms with Crippen LogP contribution in [-0.2, 0) is 4.74 Å². The highest BCUT2D eigenvalue weighted by Crippen LogP contribution is 2.38. The summed E-state index contributed by atoms with van der Waals surface area (Å²) in [6, 6.07) is 9.17. The summed E-state index contributed by atoms with van der Waals surface area (Å²) in [5, 5.41) is 4.03. The second-order valence-electron chi connectivity index (χ2n) is 6.77. The third-order valence-corrected chi connectivity index (χ3v) is 4.82. The summed E-state index contributed by atoms with van der Waals surface area (Å²) in [6.07, 6.45) is 5.32. The van der Waals surface area contributed by atoms with Gasteiger partial charge in [-0.2, -0.15) is 5.10 Å². The molecule has 0 radical (unpaired) electrons. The number of Topliss-reactive ketones (excluding diaryl/α,β-unsaturated/α-hetero) is 1. The molecule has 1 fully saturated rings. The van der Waals surface area contributed by atoms with Gasteiger partial charge in [0.2, 0.25) is 5.78 Å². The topological polar surface area (TPSA) is 79.0 Å². The summed E-state index contributed by atoms with van der Waals surface area (Å²) < 4.78 is 9.02. The van der Waals surface area contributed by atoms with E-state index in [-0.39, 0.29) is 12.4 Å². The molecule has 0 atom stereocenters. The Morgan fingerprint density at radius 3 is 2.56 bits per heavy atom. The van der Waals surface area contributed by atoms with Crippen molar-refractivity contribution in [2.24, 2.45) is 0 Å². The highest BCUT2D eigenvalue weighted by Gasteiger charge is 2.28. The Bertz CT molecular complexity index is 983. The summed E-state index contributed by atoms with van der Waals surface area (Å²) in [7, 11) is 0. The molecule has 1 saturated carbocycles. The number of ether oxygens (including phenoxy) is 1. The molecule has 1 aliphatic rings. The van der Waals surface area contributed by atoms with E-state index in [1.807, 2.05) is 19.9 Å². The van der Waals surface area contributed by atoms with Crippen LogP contribution in [0.5, 0.6) is 0 Å². The molecular weight excluding hydrogens is 344 g/mol. The van der Waals surface area contributed by atoms with Crippen molar-refractivity contribution in [3.8, 4) is 5.69 Å². The Morgan fingerprint density at radius 2 is 1.93 bits per heavy atom. The van der Waals surface area contributed by atoms with Crippen molar-refractivity contribution in [1.29, 1.82) is 0 Å². The molecule has 0 amide bonds. The fourth-order valence-corrected chi connectivity index (χ4v) is 3.34. The van der Waals surface area contributed by atoms with Gasteiger partial charge >= 0.3 is 5.97 Å². The van der Waals surface area contributed by atoms with E-state index < -0.39 is 5.97 Å². The van der Waals surface area contributed by atoms with Crippen molar-refractivity contribution >= 4 is 11.8 Å². The summed E-state index contributed by atoms with van der Waals surface area (Å²) in [5.74, 6) is -0.702. The lowest BCUT2D eigenvalue weighted by Gasteiger charge is -2.08. The summed E-state index contributed by atoms with van der Waals surface area (Å²) >= 11 is 0. The SMILES string of the molecule is Cc1cc(C(=O)COC(=O)c2ccc(-n3cncn3)cc2)c(C)n1C1CC1. The highest BCUT2D eigenvalue weighted by molar-refractivity contribution is 6.00. The van der Waals surface area contributed by atoms with Crippen molar-refractivity contribution in [2.45, 2.75) is 32.7 Å². The molecule has 4 rings (SSSR count). The number of rotatable bonds is 6. The molecule has 0 spiro atoms. The van der Waals surface area contributed by atoms with E-state index in [1.165, 1.54) is 6.33 Å². The van der Waals surface area contributed by atoms with Crippen molar-refractivity contribution in [1.82, 2.24) is 19.3 Å². The van der Waals surface area contributed by atoms with Gasteiger partial charge < -0.3 is 9.30 Å². The van der Waals surface area contributed by atoms with Crippen LogP contribution in [-0.4, -0.2) is 37.7 Å². The smallest absolute Gasteiger partial charge is 0.338 e. The Morgan fingerprint density at radius 1 is 1.19 bits per heavy atom. The Kier molecular flexibility index (Phi) is 4.35. The third kappa shape index (κ3) is 3.40. The number of carbonyl (C=O) groups is 2. The molecule has 0 aliphatic heterocycles. The van der Waals surface area contributed by atoms with Gasteiger partial charge in [0.1, 0.15) is 12.7 Å². The molecule has 7 heteroatoms. The first-order chi connectivity index (χ1) is 13.0. The average molecular weight is 364 g/mol. The average Bonchev–Trinajstić information content (AvgIpc) is 3.25. The lowest BCUT2D eigenvalue weighted by Crippen LogP contribution is -2.15. The van der Waals surface area contributed by atoms with Gasteiger partial charge in [-0.15, -0.1) is 0 Å². The minimum Gasteiger partial charge on any atom is -0.454 e. The number of aromatic nitrogens is 4. The minimum absolute atomic E-state index is 0.178. The number of nitrogens with zero attached hydrogens (tertiary/aromatic N) is 4. The number of benzene rings is 1. The zero-order valence-electron chi connectivity index (χ0n) is 15.3. The first kappa shape index (κ1) is 17.2. The molecule has 1 aliphatic carbocycles. The number of carbonyl (C=O) groups excluding carboxylic acids is 2. The summed E-state index contributed by atoms with van der Waals surface area (Å²) in [6.45, 7) is 3.69. The Balaban J connectivity index is 1.40. The Labute approximate surface area is 156 Å². The predicted molar refractivity (Wildman–Crippen MR) is 98.1 cm³/mol. The maximum absolute atomic E-state index is 12.5. The van der Waals surface area contributed by atoms with Crippen LogP contribution in [0.1, 0.15) is 51.0 Å². The van der Waals surface area contributed by atoms with Crippen LogP contribution >= 0.6 is 0 Å². The molecular formula is C20H20N4O3. The standard InChI is InChI=1S/C20H20N4O3/c1-13-9-18(14(2)24(13)17-7-8-17)19(25)10-27-20(26)15-3-5-16(6-4-15)23-12-21-11-22-23/h3-6,9,11-12,17H,7-8,10H2,1-2H3. The molecule has 27 heavy (non-hydrogen) atoms. The van der Waals surface area contributed by atoms with Crippen LogP contribution in [0.4, 0.5) is 0 Å². The van der Waals surface area contributed by atoms with Crippen molar-refractivity contribution in [3.05, 3.63) is 65.5 Å². The molecule has 7 nitrogen and oxygen atoms in total. The largest absolute Gasteiger partial charge is 0.454 e. The molecule has 2 heterocycles. The second-order valence-corrected chi connectivity index (χ2v) is 6.77. The van der Waals surface area contributed by atoms with Crippen LogP contribution in [0.15, 0.2) is 43.0 Å². The zero-order chi connectivity index (χ0) is 19.0. The quantitative estimate of drug-likeness (QED) is 0.496. The van der Waals surface area contributed by atoms with E-state index in [0.29, 0.717) is 17.2 Å². The van der Waals surface area contributed by atoms with Crippen LogP contribution in [0.2, 0.25) is 0 Å². The van der Waals surface area contributed by atoms with Gasteiger partial charge in [-0.25, -0.2) is 14.5 Å². The van der Waals surface area contributed by atoms with E-state index in [1.54, 1.807) is 35.3 Å². The fraction of sp³-hybridized carbons (Fsp3) is 0.300. The van der Waals surface area contributed by atoms with Gasteiger partial charge in [0.15, 0.2) is 6.61 Å². The predicted octanol–water partition coefficient (Wildman–Crippen LogP) is 3.06. The molecule has 3 aromatic rings. The lowest BCUT2D eigenvalue weighted by atomic mass is 10.1. The third-order valence-electron chi connectivity index (χ3n) is 4.82. The molecule has 138 valence electrons. The minimum atomic E-state index is -0.524. The van der Waals surface area contributed by atoms with E-state index in [2.05, 4.69) is 14.6 Å². The van der Waals surface area contributed by atoms with Crippen molar-refractivity contribution < 1.29 is 14.3 Å². The number of hydrogen-bond acceptors (Lipinski definition) is 5. The number of hydrogen-bond donors (Lipinski definition) is 0. The normalized spacial score (nSPS) is 13.6. The van der Waals surface area contributed by atoms with Crippen molar-refractivity contribution in [2.75, 3.05) is 6.61 Å². The van der Waals surface area contributed by atoms with E-state index in [9.17, 15) is 9.59 Å². The summed E-state index contributed by atoms with van der Waals surface area (Å²) in [5.41, 5.74) is 3.83. The molecule has 0 saturated heterocycles.